The number of carbonyl (C=O) groups is 2. The van der Waals surface area contributed by atoms with E-state index in [0.717, 1.165) is 29.8 Å². The van der Waals surface area contributed by atoms with E-state index in [4.69, 9.17) is 0 Å². The number of benzene rings is 1. The lowest BCUT2D eigenvalue weighted by molar-refractivity contribution is -0.135. The number of nitrogens with zero attached hydrogens (tertiary/aromatic N) is 1. The van der Waals surface area contributed by atoms with Crippen LogP contribution in [0.15, 0.2) is 41.8 Å². The molecule has 0 radical (unpaired) electrons. The molecule has 0 saturated carbocycles. The van der Waals surface area contributed by atoms with Gasteiger partial charge in [-0.3, -0.25) is 9.59 Å². The van der Waals surface area contributed by atoms with Gasteiger partial charge in [-0.05, 0) is 42.0 Å². The Kier molecular flexibility index (Phi) is 6.04. The summed E-state index contributed by atoms with van der Waals surface area (Å²) in [4.78, 5) is 27.6. The van der Waals surface area contributed by atoms with Crippen LogP contribution in [0.1, 0.15) is 42.7 Å². The molecule has 26 heavy (non-hydrogen) atoms. The second kappa shape index (κ2) is 8.45. The molecular formula is C20H23FN2O2S. The Morgan fingerprint density at radius 3 is 2.73 bits per heavy atom. The molecule has 0 aliphatic carbocycles. The summed E-state index contributed by atoms with van der Waals surface area (Å²) < 4.78 is 13.3. The average Bonchev–Trinajstić information content (AvgIpc) is 3.20. The van der Waals surface area contributed by atoms with Crippen LogP contribution in [-0.4, -0.2) is 29.8 Å². The minimum atomic E-state index is -0.305. The third-order valence-corrected chi connectivity index (χ3v) is 5.70. The van der Waals surface area contributed by atoms with Crippen molar-refractivity contribution in [3.8, 4) is 0 Å². The Labute approximate surface area is 157 Å². The van der Waals surface area contributed by atoms with Gasteiger partial charge in [0.1, 0.15) is 5.82 Å². The fourth-order valence-electron chi connectivity index (χ4n) is 3.33. The van der Waals surface area contributed by atoms with Gasteiger partial charge in [-0.15, -0.1) is 11.3 Å². The third-order valence-electron chi connectivity index (χ3n) is 4.76. The molecule has 3 rings (SSSR count). The van der Waals surface area contributed by atoms with E-state index >= 15 is 0 Å². The molecular weight excluding hydrogens is 351 g/mol. The van der Waals surface area contributed by atoms with E-state index in [0.29, 0.717) is 13.0 Å². The Hall–Kier alpha value is -2.21. The Morgan fingerprint density at radius 1 is 1.31 bits per heavy atom. The van der Waals surface area contributed by atoms with Crippen LogP contribution in [0.4, 0.5) is 4.39 Å². The zero-order valence-corrected chi connectivity index (χ0v) is 15.6. The van der Waals surface area contributed by atoms with Gasteiger partial charge >= 0.3 is 0 Å². The summed E-state index contributed by atoms with van der Waals surface area (Å²) in [6.45, 7) is 3.04. The molecule has 1 fully saturated rings. The highest BCUT2D eigenvalue weighted by molar-refractivity contribution is 7.10. The van der Waals surface area contributed by atoms with Crippen LogP contribution in [0.5, 0.6) is 0 Å². The Bertz CT molecular complexity index is 746. The number of amides is 2. The molecule has 138 valence electrons. The van der Waals surface area contributed by atoms with Crippen LogP contribution < -0.4 is 5.32 Å². The number of hydrogen-bond donors (Lipinski definition) is 1. The summed E-state index contributed by atoms with van der Waals surface area (Å²) in [5.74, 6) is -0.467. The monoisotopic (exact) mass is 374 g/mol. The number of rotatable bonds is 5. The molecule has 1 aromatic heterocycles. The maximum Gasteiger partial charge on any atom is 0.225 e. The molecule has 2 unspecified atom stereocenters. The molecule has 1 N–H and O–H groups in total. The van der Waals surface area contributed by atoms with Gasteiger partial charge in [0.2, 0.25) is 11.8 Å². The fraction of sp³-hybridized carbons (Fsp3) is 0.400. The van der Waals surface area contributed by atoms with Gasteiger partial charge in [0.15, 0.2) is 0 Å². The second-order valence-electron chi connectivity index (χ2n) is 6.54. The van der Waals surface area contributed by atoms with Gasteiger partial charge in [0, 0.05) is 24.4 Å². The SMILES string of the molecule is CCC(=O)N1CCCC(C(=O)NC(c2ccc(F)cc2)c2cccs2)C1. The van der Waals surface area contributed by atoms with Gasteiger partial charge < -0.3 is 10.2 Å². The van der Waals surface area contributed by atoms with Crippen LogP contribution >= 0.6 is 11.3 Å². The van der Waals surface area contributed by atoms with Crippen LogP contribution in [-0.2, 0) is 9.59 Å². The number of carbonyl (C=O) groups excluding carboxylic acids is 2. The van der Waals surface area contributed by atoms with E-state index in [2.05, 4.69) is 5.32 Å². The molecule has 2 atom stereocenters. The molecule has 6 heteroatoms. The van der Waals surface area contributed by atoms with Crippen molar-refractivity contribution in [2.75, 3.05) is 13.1 Å². The molecule has 1 saturated heterocycles. The first-order chi connectivity index (χ1) is 12.6. The maximum atomic E-state index is 13.3. The number of likely N-dealkylation sites (tertiary alicyclic amines) is 1. The highest BCUT2D eigenvalue weighted by Gasteiger charge is 2.29. The predicted molar refractivity (Wildman–Crippen MR) is 100 cm³/mol. The normalized spacial score (nSPS) is 18.4. The molecule has 0 bridgehead atoms. The minimum absolute atomic E-state index is 0.0543. The minimum Gasteiger partial charge on any atom is -0.344 e. The van der Waals surface area contributed by atoms with E-state index in [9.17, 15) is 14.0 Å². The van der Waals surface area contributed by atoms with E-state index < -0.39 is 0 Å². The van der Waals surface area contributed by atoms with Gasteiger partial charge in [0.25, 0.3) is 0 Å². The summed E-state index contributed by atoms with van der Waals surface area (Å²) in [5, 5.41) is 5.07. The number of hydrogen-bond acceptors (Lipinski definition) is 3. The van der Waals surface area contributed by atoms with Gasteiger partial charge in [-0.2, -0.15) is 0 Å². The molecule has 1 aromatic carbocycles. The lowest BCUT2D eigenvalue weighted by atomic mass is 9.95. The van der Waals surface area contributed by atoms with Gasteiger partial charge in [-0.1, -0.05) is 25.1 Å². The summed E-state index contributed by atoms with van der Waals surface area (Å²) >= 11 is 1.55. The van der Waals surface area contributed by atoms with Crippen molar-refractivity contribution < 1.29 is 14.0 Å². The van der Waals surface area contributed by atoms with Crippen LogP contribution in [0.25, 0.3) is 0 Å². The number of thiophene rings is 1. The summed E-state index contributed by atoms with van der Waals surface area (Å²) in [6.07, 6.45) is 2.08. The summed E-state index contributed by atoms with van der Waals surface area (Å²) in [6, 6.07) is 9.81. The van der Waals surface area contributed by atoms with Crippen molar-refractivity contribution in [2.45, 2.75) is 32.2 Å². The lowest BCUT2D eigenvalue weighted by Gasteiger charge is -2.32. The topological polar surface area (TPSA) is 49.4 Å². The first-order valence-electron chi connectivity index (χ1n) is 8.95. The largest absolute Gasteiger partial charge is 0.344 e. The van der Waals surface area contributed by atoms with Gasteiger partial charge in [-0.25, -0.2) is 4.39 Å². The molecule has 2 aromatic rings. The van der Waals surface area contributed by atoms with E-state index in [-0.39, 0.29) is 29.6 Å². The van der Waals surface area contributed by atoms with E-state index in [1.807, 2.05) is 24.4 Å². The second-order valence-corrected chi connectivity index (χ2v) is 7.52. The Balaban J connectivity index is 1.75. The summed E-state index contributed by atoms with van der Waals surface area (Å²) in [7, 11) is 0. The molecule has 2 amide bonds. The first-order valence-corrected chi connectivity index (χ1v) is 9.83. The van der Waals surface area contributed by atoms with Crippen molar-refractivity contribution >= 4 is 23.2 Å². The molecule has 1 aliphatic heterocycles. The highest BCUT2D eigenvalue weighted by Crippen LogP contribution is 2.27. The molecule has 0 spiro atoms. The maximum absolute atomic E-state index is 13.3. The smallest absolute Gasteiger partial charge is 0.225 e. The van der Waals surface area contributed by atoms with Crippen molar-refractivity contribution in [1.82, 2.24) is 10.2 Å². The Morgan fingerprint density at radius 2 is 2.08 bits per heavy atom. The van der Waals surface area contributed by atoms with Crippen molar-refractivity contribution in [3.63, 3.8) is 0 Å². The molecule has 4 nitrogen and oxygen atoms in total. The fourth-order valence-corrected chi connectivity index (χ4v) is 4.13. The predicted octanol–water partition coefficient (Wildman–Crippen LogP) is 3.74. The zero-order chi connectivity index (χ0) is 18.5. The highest BCUT2D eigenvalue weighted by atomic mass is 32.1. The standard InChI is InChI=1S/C20H23FN2O2S/c1-2-18(24)23-11-3-5-15(13-23)20(25)22-19(17-6-4-12-26-17)14-7-9-16(21)10-8-14/h4,6-10,12,15,19H,2-3,5,11,13H2,1H3,(H,22,25). The van der Waals surface area contributed by atoms with E-state index in [1.165, 1.54) is 12.1 Å². The van der Waals surface area contributed by atoms with Gasteiger partial charge in [0.05, 0.1) is 12.0 Å². The molecule has 2 heterocycles. The van der Waals surface area contributed by atoms with Crippen molar-refractivity contribution in [3.05, 3.63) is 58.0 Å². The van der Waals surface area contributed by atoms with Crippen molar-refractivity contribution in [1.29, 1.82) is 0 Å². The van der Waals surface area contributed by atoms with Crippen LogP contribution in [0.3, 0.4) is 0 Å². The first kappa shape index (κ1) is 18.6. The van der Waals surface area contributed by atoms with Crippen LogP contribution in [0, 0.1) is 11.7 Å². The van der Waals surface area contributed by atoms with Crippen LogP contribution in [0.2, 0.25) is 0 Å². The third kappa shape index (κ3) is 4.30. The number of piperidine rings is 1. The average molecular weight is 374 g/mol. The number of halogens is 1. The number of nitrogens with one attached hydrogen (secondary N) is 1. The quantitative estimate of drug-likeness (QED) is 0.867. The van der Waals surface area contributed by atoms with E-state index in [1.54, 1.807) is 28.4 Å². The van der Waals surface area contributed by atoms with Crippen molar-refractivity contribution in [2.24, 2.45) is 5.92 Å². The zero-order valence-electron chi connectivity index (χ0n) is 14.8. The summed E-state index contributed by atoms with van der Waals surface area (Å²) in [5.41, 5.74) is 0.847. The molecule has 1 aliphatic rings. The lowest BCUT2D eigenvalue weighted by Crippen LogP contribution is -2.46.